The number of nitrogens with two attached hydrogens (primary N) is 1. The van der Waals surface area contributed by atoms with Gasteiger partial charge in [0, 0.05) is 12.8 Å². The number of carbonyl (C=O) groups excluding carboxylic acids is 4. The molecular weight excluding hydrogens is 506 g/mol. The van der Waals surface area contributed by atoms with E-state index in [2.05, 4.69) is 0 Å². The highest BCUT2D eigenvalue weighted by Gasteiger charge is 2.22. The average molecular weight is 552 g/mol. The van der Waals surface area contributed by atoms with Gasteiger partial charge in [-0.2, -0.15) is 0 Å². The summed E-state index contributed by atoms with van der Waals surface area (Å²) in [6, 6.07) is 3.66. The van der Waals surface area contributed by atoms with Crippen LogP contribution in [-0.4, -0.2) is 49.4 Å². The van der Waals surface area contributed by atoms with E-state index >= 15 is 0 Å². The first-order chi connectivity index (χ1) is 18.3. The molecule has 0 aliphatic heterocycles. The molecule has 0 saturated carbocycles. The summed E-state index contributed by atoms with van der Waals surface area (Å²) < 4.78 is 26.2. The highest BCUT2D eigenvalue weighted by molar-refractivity contribution is 5.77. The second-order valence-electron chi connectivity index (χ2n) is 10.5. The Bertz CT molecular complexity index is 947. The molecule has 0 heterocycles. The SMILES string of the molecule is CCC(C)CC(=O)Oc1ccc(C[C@H](N)C(=O)O[C@@H](C)COC(=O)OCC(C)C)cc1OC(=O)CC(C)CC. The topological polar surface area (TPSA) is 140 Å². The molecule has 39 heavy (non-hydrogen) atoms. The number of hydrogen-bond acceptors (Lipinski definition) is 10. The van der Waals surface area contributed by atoms with E-state index in [9.17, 15) is 19.2 Å². The standard InChI is InChI=1S/C29H45NO9/c1-8-19(5)12-26(31)38-24-11-10-22(15-25(24)39-27(32)13-20(6)9-2)14-23(30)28(33)37-21(7)17-36-29(34)35-16-18(3)4/h10-11,15,18-21,23H,8-9,12-14,16-17,30H2,1-7H3/t19?,20?,21-,23-/m0/s1. The highest BCUT2D eigenvalue weighted by atomic mass is 16.7. The van der Waals surface area contributed by atoms with Crippen molar-refractivity contribution in [1.82, 2.24) is 0 Å². The molecule has 0 aliphatic rings. The van der Waals surface area contributed by atoms with Crippen LogP contribution in [0.25, 0.3) is 0 Å². The van der Waals surface area contributed by atoms with Gasteiger partial charge in [0.1, 0.15) is 18.8 Å². The Morgan fingerprint density at radius 1 is 0.795 bits per heavy atom. The lowest BCUT2D eigenvalue weighted by Crippen LogP contribution is -2.37. The summed E-state index contributed by atoms with van der Waals surface area (Å²) in [6.07, 6.45) is 0.567. The van der Waals surface area contributed by atoms with Gasteiger partial charge in [0.05, 0.1) is 6.61 Å². The zero-order valence-electron chi connectivity index (χ0n) is 24.3. The minimum atomic E-state index is -1.04. The lowest BCUT2D eigenvalue weighted by molar-refractivity contribution is -0.152. The van der Waals surface area contributed by atoms with E-state index in [0.717, 1.165) is 12.8 Å². The van der Waals surface area contributed by atoms with Crippen molar-refractivity contribution in [2.24, 2.45) is 23.5 Å². The van der Waals surface area contributed by atoms with Crippen molar-refractivity contribution in [3.8, 4) is 11.5 Å². The van der Waals surface area contributed by atoms with Crippen molar-refractivity contribution in [2.45, 2.75) is 92.7 Å². The second-order valence-corrected chi connectivity index (χ2v) is 10.5. The largest absolute Gasteiger partial charge is 0.508 e. The van der Waals surface area contributed by atoms with Crippen molar-refractivity contribution in [2.75, 3.05) is 13.2 Å². The molecule has 0 radical (unpaired) electrons. The van der Waals surface area contributed by atoms with E-state index in [0.29, 0.717) is 5.56 Å². The molecule has 0 bridgehead atoms. The van der Waals surface area contributed by atoms with Crippen molar-refractivity contribution < 1.29 is 42.9 Å². The lowest BCUT2D eigenvalue weighted by atomic mass is 10.0. The molecule has 220 valence electrons. The van der Waals surface area contributed by atoms with Gasteiger partial charge in [0.2, 0.25) is 0 Å². The molecule has 1 aromatic carbocycles. The molecule has 1 rings (SSSR count). The molecule has 0 aliphatic carbocycles. The van der Waals surface area contributed by atoms with E-state index in [1.54, 1.807) is 13.0 Å². The predicted octanol–water partition coefficient (Wildman–Crippen LogP) is 4.98. The molecule has 10 nitrogen and oxygen atoms in total. The minimum Gasteiger partial charge on any atom is -0.458 e. The third-order valence-electron chi connectivity index (χ3n) is 5.93. The van der Waals surface area contributed by atoms with Gasteiger partial charge in [-0.15, -0.1) is 0 Å². The first-order valence-electron chi connectivity index (χ1n) is 13.6. The third-order valence-corrected chi connectivity index (χ3v) is 5.93. The fourth-order valence-corrected chi connectivity index (χ4v) is 3.15. The molecule has 2 N–H and O–H groups in total. The van der Waals surface area contributed by atoms with Crippen LogP contribution in [0.2, 0.25) is 0 Å². The zero-order valence-corrected chi connectivity index (χ0v) is 24.3. The van der Waals surface area contributed by atoms with E-state index in [-0.39, 0.29) is 61.7 Å². The molecule has 1 aromatic rings. The fourth-order valence-electron chi connectivity index (χ4n) is 3.15. The van der Waals surface area contributed by atoms with E-state index in [1.807, 2.05) is 41.5 Å². The van der Waals surface area contributed by atoms with Crippen LogP contribution in [0.5, 0.6) is 11.5 Å². The number of carbonyl (C=O) groups is 4. The quantitative estimate of drug-likeness (QED) is 0.221. The Labute approximate surface area is 231 Å². The van der Waals surface area contributed by atoms with Gasteiger partial charge in [0.15, 0.2) is 11.5 Å². The van der Waals surface area contributed by atoms with E-state index < -0.39 is 36.2 Å². The number of benzene rings is 1. The van der Waals surface area contributed by atoms with Crippen LogP contribution in [0.3, 0.4) is 0 Å². The summed E-state index contributed by atoms with van der Waals surface area (Å²) in [7, 11) is 0. The van der Waals surface area contributed by atoms with Crippen molar-refractivity contribution >= 4 is 24.1 Å². The van der Waals surface area contributed by atoms with Gasteiger partial charge in [0.25, 0.3) is 0 Å². The Kier molecular flexibility index (Phi) is 15.2. The molecule has 0 saturated heterocycles. The van der Waals surface area contributed by atoms with Crippen LogP contribution < -0.4 is 15.2 Å². The minimum absolute atomic E-state index is 0.0693. The van der Waals surface area contributed by atoms with Crippen LogP contribution in [0.4, 0.5) is 4.79 Å². The van der Waals surface area contributed by atoms with Crippen LogP contribution >= 0.6 is 0 Å². The molecule has 0 spiro atoms. The molecule has 0 aromatic heterocycles. The number of rotatable bonds is 16. The number of esters is 3. The van der Waals surface area contributed by atoms with Crippen LogP contribution in [0, 0.1) is 17.8 Å². The molecule has 0 amide bonds. The van der Waals surface area contributed by atoms with Crippen LogP contribution in [0.15, 0.2) is 18.2 Å². The van der Waals surface area contributed by atoms with Gasteiger partial charge < -0.3 is 29.4 Å². The van der Waals surface area contributed by atoms with Crippen molar-refractivity contribution in [1.29, 1.82) is 0 Å². The summed E-state index contributed by atoms with van der Waals surface area (Å²) in [4.78, 5) is 48.9. The molecular formula is C29H45NO9. The average Bonchev–Trinajstić information content (AvgIpc) is 2.87. The van der Waals surface area contributed by atoms with Crippen molar-refractivity contribution in [3.05, 3.63) is 23.8 Å². The Morgan fingerprint density at radius 3 is 1.87 bits per heavy atom. The van der Waals surface area contributed by atoms with Crippen LogP contribution in [-0.2, 0) is 35.0 Å². The first kappa shape index (κ1) is 33.9. The normalized spacial score (nSPS) is 14.1. The Morgan fingerprint density at radius 2 is 1.33 bits per heavy atom. The maximum Gasteiger partial charge on any atom is 0.508 e. The number of ether oxygens (including phenoxy) is 5. The smallest absolute Gasteiger partial charge is 0.458 e. The van der Waals surface area contributed by atoms with Crippen LogP contribution in [0.1, 0.15) is 79.7 Å². The predicted molar refractivity (Wildman–Crippen MR) is 145 cm³/mol. The summed E-state index contributed by atoms with van der Waals surface area (Å²) in [5, 5.41) is 0. The molecule has 2 unspecified atom stereocenters. The number of hydrogen-bond donors (Lipinski definition) is 1. The third kappa shape index (κ3) is 14.0. The maximum absolute atomic E-state index is 12.5. The highest BCUT2D eigenvalue weighted by Crippen LogP contribution is 2.30. The van der Waals surface area contributed by atoms with Gasteiger partial charge in [-0.05, 0) is 48.8 Å². The maximum atomic E-state index is 12.5. The Hall–Kier alpha value is -3.14. The summed E-state index contributed by atoms with van der Waals surface area (Å²) in [5.74, 6) is -0.928. The van der Waals surface area contributed by atoms with E-state index in [4.69, 9.17) is 29.4 Å². The van der Waals surface area contributed by atoms with Gasteiger partial charge in [-0.1, -0.05) is 60.5 Å². The summed E-state index contributed by atoms with van der Waals surface area (Å²) >= 11 is 0. The zero-order chi connectivity index (χ0) is 29.5. The van der Waals surface area contributed by atoms with E-state index in [1.165, 1.54) is 12.1 Å². The summed E-state index contributed by atoms with van der Waals surface area (Å²) in [6.45, 7) is 13.3. The Balaban J connectivity index is 2.86. The second kappa shape index (κ2) is 17.4. The molecule has 10 heteroatoms. The first-order valence-corrected chi connectivity index (χ1v) is 13.6. The van der Waals surface area contributed by atoms with Crippen molar-refractivity contribution in [3.63, 3.8) is 0 Å². The molecule has 0 fully saturated rings. The summed E-state index contributed by atoms with van der Waals surface area (Å²) in [5.41, 5.74) is 6.64. The monoisotopic (exact) mass is 551 g/mol. The van der Waals surface area contributed by atoms with Gasteiger partial charge in [-0.3, -0.25) is 14.4 Å². The van der Waals surface area contributed by atoms with Gasteiger partial charge >= 0.3 is 24.1 Å². The van der Waals surface area contributed by atoms with Gasteiger partial charge in [-0.25, -0.2) is 4.79 Å². The molecule has 4 atom stereocenters. The fraction of sp³-hybridized carbons (Fsp3) is 0.655. The lowest BCUT2D eigenvalue weighted by Gasteiger charge is -2.18.